The molecule has 0 aromatic heterocycles. The lowest BCUT2D eigenvalue weighted by Gasteiger charge is -2.17. The van der Waals surface area contributed by atoms with E-state index in [-0.39, 0.29) is 30.9 Å². The predicted octanol–water partition coefficient (Wildman–Crippen LogP) is 2.71. The van der Waals surface area contributed by atoms with Crippen LogP contribution in [-0.4, -0.2) is 30.1 Å². The van der Waals surface area contributed by atoms with Crippen molar-refractivity contribution < 1.29 is 19.1 Å². The van der Waals surface area contributed by atoms with Gasteiger partial charge in [0.2, 0.25) is 18.6 Å². The number of carbonyl (C=O) groups is 2. The maximum absolute atomic E-state index is 12.6. The number of ether oxygens (including phenoxy) is 2. The Morgan fingerprint density at radius 2 is 2.04 bits per heavy atom. The van der Waals surface area contributed by atoms with Crippen LogP contribution in [-0.2, 0) is 16.1 Å². The van der Waals surface area contributed by atoms with Crippen LogP contribution in [0.2, 0.25) is 0 Å². The second kappa shape index (κ2) is 6.71. The largest absolute Gasteiger partial charge is 0.454 e. The van der Waals surface area contributed by atoms with E-state index in [2.05, 4.69) is 11.4 Å². The third kappa shape index (κ3) is 3.35. The van der Waals surface area contributed by atoms with E-state index in [0.717, 1.165) is 11.1 Å². The molecule has 4 rings (SSSR count). The summed E-state index contributed by atoms with van der Waals surface area (Å²) in [7, 11) is 0. The number of rotatable bonds is 4. The van der Waals surface area contributed by atoms with E-state index in [1.807, 2.05) is 25.1 Å². The minimum atomic E-state index is -0.349. The average molecular weight is 352 g/mol. The highest BCUT2D eigenvalue weighted by Gasteiger charge is 2.34. The summed E-state index contributed by atoms with van der Waals surface area (Å²) in [6.07, 6.45) is 0.238. The maximum atomic E-state index is 12.6. The van der Waals surface area contributed by atoms with Gasteiger partial charge in [0, 0.05) is 31.3 Å². The van der Waals surface area contributed by atoms with Gasteiger partial charge in [-0.1, -0.05) is 29.8 Å². The molecule has 1 fully saturated rings. The molecule has 0 aliphatic carbocycles. The molecular weight excluding hydrogens is 332 g/mol. The van der Waals surface area contributed by atoms with Gasteiger partial charge in [-0.05, 0) is 24.6 Å². The number of hydrogen-bond acceptors (Lipinski definition) is 4. The zero-order valence-electron chi connectivity index (χ0n) is 14.5. The number of nitrogens with one attached hydrogen (secondary N) is 1. The molecule has 2 aromatic carbocycles. The summed E-state index contributed by atoms with van der Waals surface area (Å²) < 4.78 is 10.6. The van der Waals surface area contributed by atoms with Crippen molar-refractivity contribution in [1.29, 1.82) is 0 Å². The Kier molecular flexibility index (Phi) is 4.24. The van der Waals surface area contributed by atoms with E-state index >= 15 is 0 Å². The molecule has 6 heteroatoms. The topological polar surface area (TPSA) is 67.9 Å². The number of anilines is 1. The van der Waals surface area contributed by atoms with Gasteiger partial charge in [0.1, 0.15) is 0 Å². The fourth-order valence-corrected chi connectivity index (χ4v) is 3.35. The van der Waals surface area contributed by atoms with Gasteiger partial charge in [-0.15, -0.1) is 0 Å². The monoisotopic (exact) mass is 352 g/mol. The van der Waals surface area contributed by atoms with Crippen LogP contribution >= 0.6 is 0 Å². The van der Waals surface area contributed by atoms with Crippen LogP contribution in [0.1, 0.15) is 17.5 Å². The fourth-order valence-electron chi connectivity index (χ4n) is 3.35. The van der Waals surface area contributed by atoms with Gasteiger partial charge in [0.05, 0.1) is 5.92 Å². The van der Waals surface area contributed by atoms with Crippen LogP contribution in [0.3, 0.4) is 0 Å². The summed E-state index contributed by atoms with van der Waals surface area (Å²) in [4.78, 5) is 26.6. The molecule has 6 nitrogen and oxygen atoms in total. The predicted molar refractivity (Wildman–Crippen MR) is 95.9 cm³/mol. The quantitative estimate of drug-likeness (QED) is 0.919. The summed E-state index contributed by atoms with van der Waals surface area (Å²) in [5.41, 5.74) is 2.88. The molecule has 0 radical (unpaired) electrons. The number of aryl methyl sites for hydroxylation is 1. The van der Waals surface area contributed by atoms with Crippen molar-refractivity contribution >= 4 is 17.5 Å². The van der Waals surface area contributed by atoms with E-state index in [4.69, 9.17) is 9.47 Å². The molecule has 1 saturated heterocycles. The van der Waals surface area contributed by atoms with Gasteiger partial charge in [0.25, 0.3) is 0 Å². The number of carbonyl (C=O) groups excluding carboxylic acids is 2. The summed E-state index contributed by atoms with van der Waals surface area (Å²) in [6.45, 7) is 3.19. The Bertz CT molecular complexity index is 865. The molecule has 134 valence electrons. The fraction of sp³-hybridized carbons (Fsp3) is 0.300. The van der Waals surface area contributed by atoms with Crippen molar-refractivity contribution in [3.05, 3.63) is 53.6 Å². The first-order chi connectivity index (χ1) is 12.6. The molecule has 0 spiro atoms. The van der Waals surface area contributed by atoms with Crippen molar-refractivity contribution in [2.75, 3.05) is 18.7 Å². The van der Waals surface area contributed by atoms with Gasteiger partial charge >= 0.3 is 0 Å². The summed E-state index contributed by atoms with van der Waals surface area (Å²) in [5.74, 6) is 0.800. The lowest BCUT2D eigenvalue weighted by Crippen LogP contribution is -2.28. The van der Waals surface area contributed by atoms with Gasteiger partial charge in [0.15, 0.2) is 11.5 Å². The number of likely N-dealkylation sites (tertiary alicyclic amines) is 1. The molecule has 26 heavy (non-hydrogen) atoms. The summed E-state index contributed by atoms with van der Waals surface area (Å²) in [6, 6.07) is 13.3. The van der Waals surface area contributed by atoms with Crippen molar-refractivity contribution in [1.82, 2.24) is 4.90 Å². The maximum Gasteiger partial charge on any atom is 0.231 e. The van der Waals surface area contributed by atoms with Crippen molar-refractivity contribution in [2.45, 2.75) is 19.9 Å². The first-order valence-corrected chi connectivity index (χ1v) is 8.62. The molecular formula is C20H20N2O4. The van der Waals surface area contributed by atoms with E-state index in [1.165, 1.54) is 0 Å². The molecule has 2 aliphatic rings. The minimum absolute atomic E-state index is 0.0114. The molecule has 1 unspecified atom stereocenters. The lowest BCUT2D eigenvalue weighted by atomic mass is 10.1. The second-order valence-electron chi connectivity index (χ2n) is 6.72. The van der Waals surface area contributed by atoms with Gasteiger partial charge < -0.3 is 19.7 Å². The first kappa shape index (κ1) is 16.4. The first-order valence-electron chi connectivity index (χ1n) is 8.62. The molecule has 0 bridgehead atoms. The van der Waals surface area contributed by atoms with Gasteiger partial charge in [-0.3, -0.25) is 9.59 Å². The molecule has 2 aliphatic heterocycles. The molecule has 2 aromatic rings. The van der Waals surface area contributed by atoms with Crippen LogP contribution in [0.4, 0.5) is 5.69 Å². The van der Waals surface area contributed by atoms with Gasteiger partial charge in [-0.25, -0.2) is 0 Å². The number of benzene rings is 2. The van der Waals surface area contributed by atoms with Crippen LogP contribution in [0.25, 0.3) is 0 Å². The Hall–Kier alpha value is -3.02. The van der Waals surface area contributed by atoms with Crippen LogP contribution in [0.5, 0.6) is 11.5 Å². The lowest BCUT2D eigenvalue weighted by molar-refractivity contribution is -0.128. The Morgan fingerprint density at radius 3 is 2.88 bits per heavy atom. The Balaban J connectivity index is 1.39. The van der Waals surface area contributed by atoms with Crippen LogP contribution in [0, 0.1) is 12.8 Å². The Morgan fingerprint density at radius 1 is 1.19 bits per heavy atom. The minimum Gasteiger partial charge on any atom is -0.454 e. The molecule has 2 amide bonds. The van der Waals surface area contributed by atoms with Crippen LogP contribution < -0.4 is 14.8 Å². The average Bonchev–Trinajstić information content (AvgIpc) is 3.21. The van der Waals surface area contributed by atoms with E-state index in [0.29, 0.717) is 30.3 Å². The zero-order valence-corrected chi connectivity index (χ0v) is 14.5. The number of fused-ring (bicyclic) bond motifs is 1. The number of hydrogen-bond donors (Lipinski definition) is 1. The van der Waals surface area contributed by atoms with E-state index < -0.39 is 0 Å². The summed E-state index contributed by atoms with van der Waals surface area (Å²) >= 11 is 0. The standard InChI is InChI=1S/C20H20N2O4/c1-13-3-2-4-14(7-13)10-22-11-15(8-19(22)23)20(24)21-16-5-6-17-18(9-16)26-12-25-17/h2-7,9,15H,8,10-12H2,1H3,(H,21,24). The SMILES string of the molecule is Cc1cccc(CN2CC(C(=O)Nc3ccc4c(c3)OCO4)CC2=O)c1. The second-order valence-corrected chi connectivity index (χ2v) is 6.72. The molecule has 0 saturated carbocycles. The highest BCUT2D eigenvalue weighted by Crippen LogP contribution is 2.34. The molecule has 2 heterocycles. The van der Waals surface area contributed by atoms with Crippen molar-refractivity contribution in [3.63, 3.8) is 0 Å². The van der Waals surface area contributed by atoms with Crippen LogP contribution in [0.15, 0.2) is 42.5 Å². The van der Waals surface area contributed by atoms with E-state index in [9.17, 15) is 9.59 Å². The van der Waals surface area contributed by atoms with E-state index in [1.54, 1.807) is 23.1 Å². The number of amides is 2. The third-order valence-electron chi connectivity index (χ3n) is 4.68. The molecule has 1 atom stereocenters. The highest BCUT2D eigenvalue weighted by molar-refractivity contribution is 5.97. The third-order valence-corrected chi connectivity index (χ3v) is 4.68. The summed E-state index contributed by atoms with van der Waals surface area (Å²) in [5, 5.41) is 2.87. The smallest absolute Gasteiger partial charge is 0.231 e. The zero-order chi connectivity index (χ0) is 18.1. The normalized spacial score (nSPS) is 18.3. The molecule has 1 N–H and O–H groups in total. The highest BCUT2D eigenvalue weighted by atomic mass is 16.7. The Labute approximate surface area is 151 Å². The number of nitrogens with zero attached hydrogens (tertiary/aromatic N) is 1. The van der Waals surface area contributed by atoms with Gasteiger partial charge in [-0.2, -0.15) is 0 Å². The van der Waals surface area contributed by atoms with Crippen molar-refractivity contribution in [2.24, 2.45) is 5.92 Å². The van der Waals surface area contributed by atoms with Crippen molar-refractivity contribution in [3.8, 4) is 11.5 Å².